The number of rotatable bonds is 3. The second-order valence-electron chi connectivity index (χ2n) is 6.52. The summed E-state index contributed by atoms with van der Waals surface area (Å²) in [6, 6.07) is 6.71. The molecule has 0 aliphatic carbocycles. The third-order valence-corrected chi connectivity index (χ3v) is 4.93. The van der Waals surface area contributed by atoms with E-state index in [9.17, 15) is 18.3 Å². The van der Waals surface area contributed by atoms with Crippen molar-refractivity contribution in [3.8, 4) is 5.75 Å². The van der Waals surface area contributed by atoms with Crippen LogP contribution in [0.4, 0.5) is 13.2 Å². The molecular weight excluding hydrogens is 295 g/mol. The van der Waals surface area contributed by atoms with Gasteiger partial charge in [-0.2, -0.15) is 0 Å². The molecular formula is C16H20F3NO2. The SMILES string of the molecule is CN1C2CCC1CC(O)(Cc1ccccc1OC(F)(F)F)C2. The molecule has 0 spiro atoms. The maximum Gasteiger partial charge on any atom is 0.573 e. The van der Waals surface area contributed by atoms with Crippen molar-refractivity contribution in [2.75, 3.05) is 7.05 Å². The zero-order valence-corrected chi connectivity index (χ0v) is 12.4. The molecule has 0 radical (unpaired) electrons. The lowest BCUT2D eigenvalue weighted by Crippen LogP contribution is -2.50. The number of fused-ring (bicyclic) bond motifs is 2. The van der Waals surface area contributed by atoms with Gasteiger partial charge in [0.15, 0.2) is 0 Å². The molecule has 2 aliphatic rings. The minimum atomic E-state index is -4.72. The Morgan fingerprint density at radius 2 is 1.82 bits per heavy atom. The van der Waals surface area contributed by atoms with Crippen LogP contribution in [0.25, 0.3) is 0 Å². The Labute approximate surface area is 127 Å². The fourth-order valence-corrected chi connectivity index (χ4v) is 3.92. The lowest BCUT2D eigenvalue weighted by Gasteiger charge is -2.42. The summed E-state index contributed by atoms with van der Waals surface area (Å²) in [6.45, 7) is 0. The van der Waals surface area contributed by atoms with Crippen molar-refractivity contribution in [2.24, 2.45) is 0 Å². The number of alkyl halides is 3. The predicted molar refractivity (Wildman–Crippen MR) is 75.6 cm³/mol. The van der Waals surface area contributed by atoms with Gasteiger partial charge in [-0.3, -0.25) is 0 Å². The van der Waals surface area contributed by atoms with Gasteiger partial charge in [-0.05, 0) is 44.4 Å². The molecule has 0 aromatic heterocycles. The van der Waals surface area contributed by atoms with Crippen LogP contribution in [0.15, 0.2) is 24.3 Å². The molecule has 2 saturated heterocycles. The Balaban J connectivity index is 1.79. The smallest absolute Gasteiger partial charge is 0.406 e. The number of benzene rings is 1. The first-order valence-corrected chi connectivity index (χ1v) is 7.54. The van der Waals surface area contributed by atoms with E-state index in [2.05, 4.69) is 16.7 Å². The second kappa shape index (κ2) is 5.42. The highest BCUT2D eigenvalue weighted by atomic mass is 19.4. The number of para-hydroxylation sites is 1. The Bertz CT molecular complexity index is 532. The number of nitrogens with zero attached hydrogens (tertiary/aromatic N) is 1. The molecule has 2 fully saturated rings. The molecule has 1 aromatic carbocycles. The highest BCUT2D eigenvalue weighted by molar-refractivity contribution is 5.35. The molecule has 2 bridgehead atoms. The molecule has 1 N–H and O–H groups in total. The van der Waals surface area contributed by atoms with Crippen molar-refractivity contribution in [3.05, 3.63) is 29.8 Å². The Morgan fingerprint density at radius 1 is 1.23 bits per heavy atom. The maximum atomic E-state index is 12.5. The first-order chi connectivity index (χ1) is 10.3. The minimum absolute atomic E-state index is 0.195. The number of hydrogen-bond acceptors (Lipinski definition) is 3. The highest BCUT2D eigenvalue weighted by Gasteiger charge is 2.46. The van der Waals surface area contributed by atoms with Crippen molar-refractivity contribution < 1.29 is 23.0 Å². The zero-order chi connectivity index (χ0) is 16.0. The van der Waals surface area contributed by atoms with Gasteiger partial charge in [0.05, 0.1) is 5.60 Å². The Kier molecular flexibility index (Phi) is 3.85. The van der Waals surface area contributed by atoms with Crippen molar-refractivity contribution in [1.82, 2.24) is 4.90 Å². The summed E-state index contributed by atoms with van der Waals surface area (Å²) >= 11 is 0. The van der Waals surface area contributed by atoms with Crippen molar-refractivity contribution in [3.63, 3.8) is 0 Å². The van der Waals surface area contributed by atoms with E-state index in [1.54, 1.807) is 12.1 Å². The number of halogens is 3. The molecule has 2 atom stereocenters. The average molecular weight is 315 g/mol. The summed E-state index contributed by atoms with van der Waals surface area (Å²) in [4.78, 5) is 2.28. The van der Waals surface area contributed by atoms with Gasteiger partial charge in [0, 0.05) is 18.5 Å². The molecule has 0 saturated carbocycles. The van der Waals surface area contributed by atoms with Crippen LogP contribution in [0, 0.1) is 0 Å². The first-order valence-electron chi connectivity index (χ1n) is 7.54. The van der Waals surface area contributed by atoms with Gasteiger partial charge < -0.3 is 14.7 Å². The Morgan fingerprint density at radius 3 is 2.41 bits per heavy atom. The maximum absolute atomic E-state index is 12.5. The van der Waals surface area contributed by atoms with E-state index in [1.807, 2.05) is 0 Å². The summed E-state index contributed by atoms with van der Waals surface area (Å²) < 4.78 is 41.6. The van der Waals surface area contributed by atoms with Crippen molar-refractivity contribution in [2.45, 2.75) is 56.2 Å². The van der Waals surface area contributed by atoms with Gasteiger partial charge in [0.1, 0.15) is 5.75 Å². The standard InChI is InChI=1S/C16H20F3NO2/c1-20-12-6-7-13(20)10-15(21,9-12)8-11-4-2-3-5-14(11)22-16(17,18)19/h2-5,12-13,21H,6-10H2,1H3. The minimum Gasteiger partial charge on any atom is -0.406 e. The fourth-order valence-electron chi connectivity index (χ4n) is 3.92. The largest absolute Gasteiger partial charge is 0.573 e. The van der Waals surface area contributed by atoms with E-state index in [0.717, 1.165) is 12.8 Å². The predicted octanol–water partition coefficient (Wildman–Crippen LogP) is 3.12. The monoisotopic (exact) mass is 315 g/mol. The molecule has 1 aromatic rings. The topological polar surface area (TPSA) is 32.7 Å². The van der Waals surface area contributed by atoms with Gasteiger partial charge in [-0.1, -0.05) is 18.2 Å². The quantitative estimate of drug-likeness (QED) is 0.930. The Hall–Kier alpha value is -1.27. The third kappa shape index (κ3) is 3.22. The van der Waals surface area contributed by atoms with E-state index >= 15 is 0 Å². The molecule has 3 rings (SSSR count). The van der Waals surface area contributed by atoms with E-state index in [4.69, 9.17) is 0 Å². The average Bonchev–Trinajstić information content (AvgIpc) is 2.64. The van der Waals surface area contributed by atoms with Gasteiger partial charge in [0.25, 0.3) is 0 Å². The van der Waals surface area contributed by atoms with Crippen LogP contribution in [0.5, 0.6) is 5.75 Å². The van der Waals surface area contributed by atoms with Gasteiger partial charge in [-0.15, -0.1) is 13.2 Å². The lowest BCUT2D eigenvalue weighted by atomic mass is 9.81. The molecule has 0 amide bonds. The van der Waals surface area contributed by atoms with Crippen LogP contribution in [0.1, 0.15) is 31.2 Å². The second-order valence-corrected chi connectivity index (χ2v) is 6.52. The van der Waals surface area contributed by atoms with Gasteiger partial charge in [-0.25, -0.2) is 0 Å². The number of aliphatic hydroxyl groups is 1. The van der Waals surface area contributed by atoms with Crippen LogP contribution >= 0.6 is 0 Å². The van der Waals surface area contributed by atoms with Gasteiger partial charge >= 0.3 is 6.36 Å². The van der Waals surface area contributed by atoms with Crippen LogP contribution < -0.4 is 4.74 Å². The van der Waals surface area contributed by atoms with E-state index < -0.39 is 12.0 Å². The summed E-state index contributed by atoms with van der Waals surface area (Å²) in [5.74, 6) is -0.213. The van der Waals surface area contributed by atoms with Crippen LogP contribution in [0.2, 0.25) is 0 Å². The molecule has 2 aliphatic heterocycles. The van der Waals surface area contributed by atoms with Crippen molar-refractivity contribution >= 4 is 0 Å². The first kappa shape index (κ1) is 15.6. The molecule has 2 unspecified atom stereocenters. The summed E-state index contributed by atoms with van der Waals surface area (Å²) in [5.41, 5.74) is -0.546. The number of hydrogen-bond donors (Lipinski definition) is 1. The molecule has 6 heteroatoms. The summed E-state index contributed by atoms with van der Waals surface area (Å²) in [6.07, 6.45) is -1.24. The van der Waals surface area contributed by atoms with Crippen LogP contribution in [-0.4, -0.2) is 41.1 Å². The van der Waals surface area contributed by atoms with Crippen LogP contribution in [0.3, 0.4) is 0 Å². The number of ether oxygens (including phenoxy) is 1. The molecule has 3 nitrogen and oxygen atoms in total. The number of piperidine rings is 1. The lowest BCUT2D eigenvalue weighted by molar-refractivity contribution is -0.275. The molecule has 122 valence electrons. The summed E-state index contributed by atoms with van der Waals surface area (Å²) in [5, 5.41) is 10.9. The zero-order valence-electron chi connectivity index (χ0n) is 12.4. The third-order valence-electron chi connectivity index (χ3n) is 4.93. The fraction of sp³-hybridized carbons (Fsp3) is 0.625. The highest BCUT2D eigenvalue weighted by Crippen LogP contribution is 2.42. The van der Waals surface area contributed by atoms with Crippen molar-refractivity contribution in [1.29, 1.82) is 0 Å². The molecule has 22 heavy (non-hydrogen) atoms. The van der Waals surface area contributed by atoms with Crippen LogP contribution in [-0.2, 0) is 6.42 Å². The summed E-state index contributed by atoms with van der Waals surface area (Å²) in [7, 11) is 2.06. The van der Waals surface area contributed by atoms with E-state index in [1.165, 1.54) is 12.1 Å². The van der Waals surface area contributed by atoms with E-state index in [0.29, 0.717) is 30.5 Å². The molecule has 2 heterocycles. The normalized spacial score (nSPS) is 32.2. The van der Waals surface area contributed by atoms with Gasteiger partial charge in [0.2, 0.25) is 0 Å². The van der Waals surface area contributed by atoms with E-state index in [-0.39, 0.29) is 12.2 Å².